The molecule has 31 heavy (non-hydrogen) atoms. The summed E-state index contributed by atoms with van der Waals surface area (Å²) in [4.78, 5) is 20.5. The fourth-order valence-corrected chi connectivity index (χ4v) is 4.75. The summed E-state index contributed by atoms with van der Waals surface area (Å²) in [6, 6.07) is 14.2. The quantitative estimate of drug-likeness (QED) is 0.421. The normalized spacial score (nSPS) is 12.5. The average Bonchev–Trinajstić information content (AvgIpc) is 3.42. The minimum Gasteiger partial charge on any atom is -0.454 e. The molecule has 3 heterocycles. The molecule has 0 unspecified atom stereocenters. The van der Waals surface area contributed by atoms with Crippen molar-refractivity contribution in [3.05, 3.63) is 59.8 Å². The number of carbonyl (C=O) groups excluding carboxylic acids is 1. The lowest BCUT2D eigenvalue weighted by Crippen LogP contribution is -2.27. The van der Waals surface area contributed by atoms with Crippen LogP contribution in [0.3, 0.4) is 0 Å². The Morgan fingerprint density at radius 2 is 2.00 bits per heavy atom. The van der Waals surface area contributed by atoms with Gasteiger partial charge < -0.3 is 19.8 Å². The van der Waals surface area contributed by atoms with E-state index in [0.29, 0.717) is 12.3 Å². The lowest BCUT2D eigenvalue weighted by Gasteiger charge is -2.10. The van der Waals surface area contributed by atoms with Gasteiger partial charge in [0.2, 0.25) is 12.7 Å². The maximum atomic E-state index is 12.4. The number of aromatic nitrogens is 2. The van der Waals surface area contributed by atoms with Gasteiger partial charge >= 0.3 is 0 Å². The predicted molar refractivity (Wildman–Crippen MR) is 123 cm³/mol. The number of rotatable bonds is 7. The van der Waals surface area contributed by atoms with Gasteiger partial charge in [0.25, 0.3) is 0 Å². The van der Waals surface area contributed by atoms with Gasteiger partial charge in [-0.1, -0.05) is 36.9 Å². The predicted octanol–water partition coefficient (Wildman–Crippen LogP) is 4.46. The van der Waals surface area contributed by atoms with Gasteiger partial charge in [-0.25, -0.2) is 4.98 Å². The van der Waals surface area contributed by atoms with Gasteiger partial charge in [-0.3, -0.25) is 4.79 Å². The highest BCUT2D eigenvalue weighted by molar-refractivity contribution is 7.99. The number of H-pyrrole nitrogens is 1. The first-order valence-electron chi connectivity index (χ1n) is 10.4. The maximum Gasteiger partial charge on any atom is 0.231 e. The van der Waals surface area contributed by atoms with Gasteiger partial charge in [0, 0.05) is 35.1 Å². The van der Waals surface area contributed by atoms with Crippen molar-refractivity contribution in [2.24, 2.45) is 0 Å². The van der Waals surface area contributed by atoms with Gasteiger partial charge in [-0.15, -0.1) is 0 Å². The van der Waals surface area contributed by atoms with Crippen molar-refractivity contribution in [2.45, 2.75) is 24.8 Å². The Morgan fingerprint density at radius 3 is 2.87 bits per heavy atom. The largest absolute Gasteiger partial charge is 0.454 e. The van der Waals surface area contributed by atoms with Gasteiger partial charge in [-0.05, 0) is 42.2 Å². The molecule has 2 aromatic carbocycles. The molecule has 0 fully saturated rings. The zero-order chi connectivity index (χ0) is 21.2. The van der Waals surface area contributed by atoms with Crippen molar-refractivity contribution < 1.29 is 14.3 Å². The van der Waals surface area contributed by atoms with E-state index in [2.05, 4.69) is 35.4 Å². The Morgan fingerprint density at radius 1 is 1.16 bits per heavy atom. The third-order valence-corrected chi connectivity index (χ3v) is 6.49. The second-order valence-electron chi connectivity index (χ2n) is 7.45. The Kier molecular flexibility index (Phi) is 5.42. The van der Waals surface area contributed by atoms with Crippen LogP contribution in [0, 0.1) is 0 Å². The van der Waals surface area contributed by atoms with E-state index in [1.165, 1.54) is 22.7 Å². The molecule has 158 valence electrons. The number of benzene rings is 2. The van der Waals surface area contributed by atoms with Gasteiger partial charge in [0.05, 0.1) is 11.3 Å². The van der Waals surface area contributed by atoms with Crippen molar-refractivity contribution in [2.75, 3.05) is 19.1 Å². The summed E-state index contributed by atoms with van der Waals surface area (Å²) >= 11 is 1.48. The summed E-state index contributed by atoms with van der Waals surface area (Å²) in [6.45, 7) is 2.95. The maximum absolute atomic E-state index is 12.4. The summed E-state index contributed by atoms with van der Waals surface area (Å²) in [5, 5.41) is 6.15. The zero-order valence-corrected chi connectivity index (χ0v) is 18.1. The fourth-order valence-electron chi connectivity index (χ4n) is 3.83. The number of fused-ring (bicyclic) bond motifs is 3. The molecule has 0 bridgehead atoms. The molecular formula is C24H23N3O3S. The van der Waals surface area contributed by atoms with Crippen LogP contribution in [-0.2, 0) is 17.6 Å². The van der Waals surface area contributed by atoms with Crippen LogP contribution in [0.4, 0.5) is 0 Å². The van der Waals surface area contributed by atoms with Crippen molar-refractivity contribution >= 4 is 39.5 Å². The molecule has 1 aliphatic heterocycles. The third kappa shape index (κ3) is 4.05. The second kappa shape index (κ2) is 8.51. The molecule has 0 spiro atoms. The molecule has 0 saturated carbocycles. The number of ether oxygens (including phenoxy) is 2. The number of aromatic amines is 1. The Bertz CT molecular complexity index is 1270. The molecule has 0 radical (unpaired) electrons. The van der Waals surface area contributed by atoms with Crippen LogP contribution < -0.4 is 14.8 Å². The molecule has 7 heteroatoms. The number of thioether (sulfide) groups is 1. The first-order valence-corrected chi connectivity index (χ1v) is 11.4. The highest BCUT2D eigenvalue weighted by Gasteiger charge is 2.17. The number of aryl methyl sites for hydroxylation is 1. The van der Waals surface area contributed by atoms with E-state index in [1.54, 1.807) is 0 Å². The van der Waals surface area contributed by atoms with E-state index < -0.39 is 0 Å². The molecular weight excluding hydrogens is 410 g/mol. The lowest BCUT2D eigenvalue weighted by atomic mass is 10.1. The third-order valence-electron chi connectivity index (χ3n) is 5.46. The number of carbonyl (C=O) groups is 1. The Hall–Kier alpha value is -3.19. The van der Waals surface area contributed by atoms with Crippen LogP contribution in [0.25, 0.3) is 21.8 Å². The fraction of sp³-hybridized carbons (Fsp3) is 0.250. The molecule has 6 nitrogen and oxygen atoms in total. The second-order valence-corrected chi connectivity index (χ2v) is 8.42. The van der Waals surface area contributed by atoms with Crippen LogP contribution >= 0.6 is 11.8 Å². The van der Waals surface area contributed by atoms with Crippen molar-refractivity contribution in [1.29, 1.82) is 0 Å². The first kappa shape index (κ1) is 19.8. The summed E-state index contributed by atoms with van der Waals surface area (Å²) < 4.78 is 10.9. The molecule has 1 aliphatic rings. The SMILES string of the molecule is CCc1cc2cc3c(cc2nc1SCC(=O)NCCc1c[nH]c2ccccc12)OCO3. The van der Waals surface area contributed by atoms with Gasteiger partial charge in [-0.2, -0.15) is 0 Å². The van der Waals surface area contributed by atoms with Crippen LogP contribution in [-0.4, -0.2) is 35.0 Å². The van der Waals surface area contributed by atoms with E-state index >= 15 is 0 Å². The number of pyridine rings is 1. The van der Waals surface area contributed by atoms with E-state index in [4.69, 9.17) is 14.5 Å². The Labute approximate surface area is 184 Å². The first-order chi connectivity index (χ1) is 15.2. The van der Waals surface area contributed by atoms with Gasteiger partial charge in [0.15, 0.2) is 11.5 Å². The minimum atomic E-state index is 0.0134. The minimum absolute atomic E-state index is 0.0134. The molecule has 0 aliphatic carbocycles. The molecule has 4 aromatic rings. The molecule has 0 saturated heterocycles. The number of nitrogens with one attached hydrogen (secondary N) is 2. The monoisotopic (exact) mass is 433 g/mol. The summed E-state index contributed by atoms with van der Waals surface area (Å²) in [7, 11) is 0. The van der Waals surface area contributed by atoms with E-state index in [0.717, 1.165) is 51.3 Å². The van der Waals surface area contributed by atoms with Crippen LogP contribution in [0.5, 0.6) is 11.5 Å². The zero-order valence-electron chi connectivity index (χ0n) is 17.2. The van der Waals surface area contributed by atoms with Crippen LogP contribution in [0.15, 0.2) is 53.7 Å². The van der Waals surface area contributed by atoms with Crippen molar-refractivity contribution in [3.8, 4) is 11.5 Å². The highest BCUT2D eigenvalue weighted by atomic mass is 32.2. The van der Waals surface area contributed by atoms with E-state index in [9.17, 15) is 4.79 Å². The number of hydrogen-bond donors (Lipinski definition) is 2. The van der Waals surface area contributed by atoms with E-state index in [-0.39, 0.29) is 12.7 Å². The van der Waals surface area contributed by atoms with E-state index in [1.807, 2.05) is 30.5 Å². The molecule has 2 N–H and O–H groups in total. The summed E-state index contributed by atoms with van der Waals surface area (Å²) in [5.41, 5.74) is 4.31. The lowest BCUT2D eigenvalue weighted by molar-refractivity contribution is -0.118. The molecule has 0 atom stereocenters. The standard InChI is InChI=1S/C24H23N3O3S/c1-2-15-9-17-10-21-22(30-14-29-21)11-20(17)27-24(15)31-13-23(28)25-8-7-16-12-26-19-6-4-3-5-18(16)19/h3-6,9-12,26H,2,7-8,13-14H2,1H3,(H,25,28). The van der Waals surface area contributed by atoms with Crippen molar-refractivity contribution in [1.82, 2.24) is 15.3 Å². The Balaban J connectivity index is 1.21. The number of amides is 1. The van der Waals surface area contributed by atoms with Crippen LogP contribution in [0.2, 0.25) is 0 Å². The average molecular weight is 434 g/mol. The van der Waals surface area contributed by atoms with Gasteiger partial charge in [0.1, 0.15) is 5.03 Å². The topological polar surface area (TPSA) is 76.2 Å². The molecule has 5 rings (SSSR count). The molecule has 1 amide bonds. The number of nitrogens with zero attached hydrogens (tertiary/aromatic N) is 1. The number of hydrogen-bond acceptors (Lipinski definition) is 5. The summed E-state index contributed by atoms with van der Waals surface area (Å²) in [5.74, 6) is 1.82. The smallest absolute Gasteiger partial charge is 0.231 e. The summed E-state index contributed by atoms with van der Waals surface area (Å²) in [6.07, 6.45) is 3.66. The van der Waals surface area contributed by atoms with Crippen molar-refractivity contribution in [3.63, 3.8) is 0 Å². The molecule has 2 aromatic heterocycles. The van der Waals surface area contributed by atoms with Crippen LogP contribution in [0.1, 0.15) is 18.1 Å². The number of para-hydroxylation sites is 1. The highest BCUT2D eigenvalue weighted by Crippen LogP contribution is 2.37.